The average molecular weight is 519 g/mol. The summed E-state index contributed by atoms with van der Waals surface area (Å²) in [6, 6.07) is 26.8. The van der Waals surface area contributed by atoms with Gasteiger partial charge in [-0.3, -0.25) is 9.59 Å². The Morgan fingerprint density at radius 1 is 0.730 bits per heavy atom. The largest absolute Gasteiger partial charge is 0.508 e. The number of hydrogen-bond donors (Lipinski definition) is 3. The van der Waals surface area contributed by atoms with Crippen LogP contribution in [-0.4, -0.2) is 25.2 Å². The van der Waals surface area contributed by atoms with Crippen LogP contribution in [0.4, 0.5) is 5.69 Å². The van der Waals surface area contributed by atoms with Crippen LogP contribution in [0.3, 0.4) is 0 Å². The smallest absolute Gasteiger partial charge is 0.295 e. The minimum absolute atomic E-state index is 0.0536. The van der Waals surface area contributed by atoms with Gasteiger partial charge in [-0.05, 0) is 52.5 Å². The molecule has 196 valence electrons. The summed E-state index contributed by atoms with van der Waals surface area (Å²) < 4.78 is 6.47. The van der Waals surface area contributed by atoms with E-state index in [1.54, 1.807) is 12.1 Å². The molecular weight excluding hydrogens is 480 g/mol. The monoisotopic (exact) mass is 518 g/mol. The lowest BCUT2D eigenvalue weighted by Crippen LogP contribution is -2.68. The van der Waals surface area contributed by atoms with Crippen LogP contribution in [0.2, 0.25) is 5.04 Å². The van der Waals surface area contributed by atoms with E-state index < -0.39 is 8.32 Å². The number of phenolic OH excluding ortho intramolecular Hbond substituents is 1. The molecule has 3 rings (SSSR count). The van der Waals surface area contributed by atoms with Crippen molar-refractivity contribution in [1.29, 1.82) is 0 Å². The van der Waals surface area contributed by atoms with E-state index in [0.717, 1.165) is 36.1 Å². The highest BCUT2D eigenvalue weighted by atomic mass is 28.4. The lowest BCUT2D eigenvalue weighted by atomic mass is 10.1. The molecule has 0 aromatic heterocycles. The quantitative estimate of drug-likeness (QED) is 0.132. The van der Waals surface area contributed by atoms with Crippen molar-refractivity contribution < 1.29 is 19.2 Å². The summed E-state index contributed by atoms with van der Waals surface area (Å²) in [4.78, 5) is 24.8. The Kier molecular flexibility index (Phi) is 10.1. The van der Waals surface area contributed by atoms with Crippen LogP contribution in [0.5, 0.6) is 5.75 Å². The molecule has 0 radical (unpaired) electrons. The van der Waals surface area contributed by atoms with Gasteiger partial charge in [0.1, 0.15) is 5.75 Å². The van der Waals surface area contributed by atoms with Crippen LogP contribution in [0.1, 0.15) is 59.3 Å². The molecule has 3 aromatic carbocycles. The van der Waals surface area contributed by atoms with Crippen molar-refractivity contribution in [1.82, 2.24) is 5.48 Å². The summed E-state index contributed by atoms with van der Waals surface area (Å²) in [5.41, 5.74) is 3.48. The van der Waals surface area contributed by atoms with Gasteiger partial charge >= 0.3 is 0 Å². The standard InChI is InChI=1S/C30H38N2O4Si/c1-30(2,3)37(26-14-8-6-9-15-26,27-16-10-7-11-17-27)36-32-29(35)19-13-5-4-12-18-28(34)31-24-20-22-25(33)23-21-24/h6-11,14-17,20-23,33H,4-5,12-13,18-19H2,1-3H3,(H,31,34)(H,32,35). The zero-order valence-electron chi connectivity index (χ0n) is 22.0. The third-order valence-electron chi connectivity index (χ3n) is 6.44. The number of hydroxylamine groups is 1. The zero-order valence-corrected chi connectivity index (χ0v) is 23.0. The second kappa shape index (κ2) is 13.2. The number of rotatable bonds is 12. The van der Waals surface area contributed by atoms with Crippen LogP contribution in [-0.2, 0) is 14.1 Å². The molecule has 3 aromatic rings. The minimum Gasteiger partial charge on any atom is -0.508 e. The van der Waals surface area contributed by atoms with Crippen LogP contribution in [0, 0.1) is 0 Å². The molecule has 0 aliphatic rings. The molecule has 6 nitrogen and oxygen atoms in total. The molecule has 7 heteroatoms. The molecule has 0 unspecified atom stereocenters. The second-order valence-electron chi connectivity index (χ2n) is 10.3. The van der Waals surface area contributed by atoms with Gasteiger partial charge in [0.2, 0.25) is 11.8 Å². The number of carbonyl (C=O) groups is 2. The summed E-state index contributed by atoms with van der Waals surface area (Å²) >= 11 is 0. The molecule has 0 saturated heterocycles. The maximum absolute atomic E-state index is 12.8. The van der Waals surface area contributed by atoms with Gasteiger partial charge in [0, 0.05) is 18.5 Å². The van der Waals surface area contributed by atoms with Crippen LogP contribution in [0.15, 0.2) is 84.9 Å². The Morgan fingerprint density at radius 2 is 1.22 bits per heavy atom. The highest BCUT2D eigenvalue weighted by molar-refractivity contribution is 6.99. The number of amides is 2. The first-order valence-corrected chi connectivity index (χ1v) is 14.8. The van der Waals surface area contributed by atoms with Crippen molar-refractivity contribution in [2.45, 2.75) is 64.3 Å². The Morgan fingerprint density at radius 3 is 1.70 bits per heavy atom. The van der Waals surface area contributed by atoms with Crippen molar-refractivity contribution in [2.24, 2.45) is 0 Å². The summed E-state index contributed by atoms with van der Waals surface area (Å²) in [7, 11) is -2.81. The van der Waals surface area contributed by atoms with E-state index in [-0.39, 0.29) is 22.6 Å². The molecule has 0 atom stereocenters. The second-order valence-corrected chi connectivity index (χ2v) is 14.5. The van der Waals surface area contributed by atoms with E-state index in [2.05, 4.69) is 55.8 Å². The van der Waals surface area contributed by atoms with Gasteiger partial charge in [-0.2, -0.15) is 0 Å². The molecule has 0 bridgehead atoms. The molecule has 0 aliphatic carbocycles. The van der Waals surface area contributed by atoms with Crippen LogP contribution < -0.4 is 21.2 Å². The van der Waals surface area contributed by atoms with Gasteiger partial charge in [0.05, 0.1) is 0 Å². The zero-order chi connectivity index (χ0) is 26.7. The summed E-state index contributed by atoms with van der Waals surface area (Å²) in [5, 5.41) is 14.1. The molecule has 37 heavy (non-hydrogen) atoms. The maximum atomic E-state index is 12.8. The van der Waals surface area contributed by atoms with E-state index in [1.165, 1.54) is 12.1 Å². The minimum atomic E-state index is -2.81. The van der Waals surface area contributed by atoms with Crippen LogP contribution >= 0.6 is 0 Å². The Balaban J connectivity index is 1.48. The Hall–Kier alpha value is -3.42. The molecule has 2 amide bonds. The fourth-order valence-corrected chi connectivity index (χ4v) is 8.72. The number of unbranched alkanes of at least 4 members (excludes halogenated alkanes) is 3. The molecule has 0 heterocycles. The van der Waals surface area contributed by atoms with Crippen molar-refractivity contribution in [3.63, 3.8) is 0 Å². The van der Waals surface area contributed by atoms with Crippen molar-refractivity contribution in [2.75, 3.05) is 5.32 Å². The fraction of sp³-hybridized carbons (Fsp3) is 0.333. The van der Waals surface area contributed by atoms with Gasteiger partial charge < -0.3 is 15.0 Å². The number of carbonyl (C=O) groups excluding carboxylic acids is 2. The predicted molar refractivity (Wildman–Crippen MR) is 151 cm³/mol. The van der Waals surface area contributed by atoms with Crippen molar-refractivity contribution in [3.05, 3.63) is 84.9 Å². The average Bonchev–Trinajstić information content (AvgIpc) is 2.88. The number of phenols is 1. The summed E-state index contributed by atoms with van der Waals surface area (Å²) in [6.45, 7) is 6.51. The van der Waals surface area contributed by atoms with Crippen molar-refractivity contribution in [3.8, 4) is 5.75 Å². The van der Waals surface area contributed by atoms with Gasteiger partial charge in [0.15, 0.2) is 0 Å². The molecule has 3 N–H and O–H groups in total. The molecule has 0 aliphatic heterocycles. The van der Waals surface area contributed by atoms with E-state index >= 15 is 0 Å². The first-order chi connectivity index (χ1) is 17.7. The topological polar surface area (TPSA) is 87.7 Å². The maximum Gasteiger partial charge on any atom is 0.295 e. The number of benzene rings is 3. The van der Waals surface area contributed by atoms with Gasteiger partial charge in [-0.25, -0.2) is 5.48 Å². The SMILES string of the molecule is CC(C)(C)[Si](ONC(=O)CCCCCCC(=O)Nc1ccc(O)cc1)(c1ccccc1)c1ccccc1. The highest BCUT2D eigenvalue weighted by Gasteiger charge is 2.51. The number of aromatic hydroxyl groups is 1. The van der Waals surface area contributed by atoms with E-state index in [9.17, 15) is 14.7 Å². The summed E-state index contributed by atoms with van der Waals surface area (Å²) in [5.74, 6) is -0.0146. The van der Waals surface area contributed by atoms with E-state index in [4.69, 9.17) is 4.53 Å². The number of nitrogens with one attached hydrogen (secondary N) is 2. The predicted octanol–water partition coefficient (Wildman–Crippen LogP) is 5.28. The first-order valence-electron chi connectivity index (χ1n) is 12.9. The molecule has 0 fully saturated rings. The number of anilines is 1. The van der Waals surface area contributed by atoms with E-state index in [1.807, 2.05) is 36.4 Å². The van der Waals surface area contributed by atoms with Gasteiger partial charge in [-0.15, -0.1) is 0 Å². The Labute approximate surface area is 221 Å². The normalized spacial score (nSPS) is 11.6. The van der Waals surface area contributed by atoms with Gasteiger partial charge in [-0.1, -0.05) is 94.3 Å². The third-order valence-corrected chi connectivity index (χ3v) is 11.3. The highest BCUT2D eigenvalue weighted by Crippen LogP contribution is 2.36. The molecular formula is C30H38N2O4Si. The fourth-order valence-electron chi connectivity index (χ4n) is 4.53. The summed E-state index contributed by atoms with van der Waals surface area (Å²) in [6.07, 6.45) is 4.01. The van der Waals surface area contributed by atoms with Crippen molar-refractivity contribution >= 4 is 36.2 Å². The molecule has 0 saturated carbocycles. The lowest BCUT2D eigenvalue weighted by Gasteiger charge is -2.41. The third kappa shape index (κ3) is 7.78. The van der Waals surface area contributed by atoms with Crippen LogP contribution in [0.25, 0.3) is 0 Å². The lowest BCUT2D eigenvalue weighted by molar-refractivity contribution is -0.128. The number of hydrogen-bond acceptors (Lipinski definition) is 4. The van der Waals surface area contributed by atoms with Gasteiger partial charge in [0.25, 0.3) is 8.32 Å². The van der Waals surface area contributed by atoms with E-state index in [0.29, 0.717) is 18.5 Å². The molecule has 0 spiro atoms. The first kappa shape index (κ1) is 28.2. The Bertz CT molecular complexity index is 1090.